The van der Waals surface area contributed by atoms with E-state index in [2.05, 4.69) is 20.4 Å². The van der Waals surface area contributed by atoms with Gasteiger partial charge >= 0.3 is 6.03 Å². The summed E-state index contributed by atoms with van der Waals surface area (Å²) in [7, 11) is 3.84. The Morgan fingerprint density at radius 1 is 1.04 bits per heavy atom. The normalized spacial score (nSPS) is 14.4. The number of rotatable bonds is 3. The number of benzene rings is 1. The Kier molecular flexibility index (Phi) is 4.97. The number of urea groups is 1. The molecule has 0 aliphatic carbocycles. The molecule has 0 bridgehead atoms. The zero-order valence-electron chi connectivity index (χ0n) is 14.3. The molecule has 1 aliphatic heterocycles. The predicted molar refractivity (Wildman–Crippen MR) is 95.6 cm³/mol. The van der Waals surface area contributed by atoms with Crippen molar-refractivity contribution >= 4 is 23.4 Å². The summed E-state index contributed by atoms with van der Waals surface area (Å²) in [6, 6.07) is 9.43. The molecule has 1 aliphatic rings. The van der Waals surface area contributed by atoms with Crippen LogP contribution in [0.25, 0.3) is 0 Å². The van der Waals surface area contributed by atoms with Crippen LogP contribution in [0, 0.1) is 5.82 Å². The molecule has 1 N–H and O–H groups in total. The zero-order valence-corrected chi connectivity index (χ0v) is 14.3. The van der Waals surface area contributed by atoms with Crippen molar-refractivity contribution in [1.29, 1.82) is 0 Å². The van der Waals surface area contributed by atoms with Gasteiger partial charge in [0.05, 0.1) is 0 Å². The van der Waals surface area contributed by atoms with E-state index in [1.54, 1.807) is 17.0 Å². The summed E-state index contributed by atoms with van der Waals surface area (Å²) in [4.78, 5) is 18.0. The van der Waals surface area contributed by atoms with Gasteiger partial charge in [-0.05, 0) is 36.4 Å². The molecule has 2 heterocycles. The fourth-order valence-electron chi connectivity index (χ4n) is 2.60. The molecule has 25 heavy (non-hydrogen) atoms. The van der Waals surface area contributed by atoms with Crippen LogP contribution in [0.4, 0.5) is 26.5 Å². The van der Waals surface area contributed by atoms with Gasteiger partial charge < -0.3 is 20.0 Å². The molecule has 0 atom stereocenters. The van der Waals surface area contributed by atoms with Crippen molar-refractivity contribution in [2.24, 2.45) is 0 Å². The molecule has 0 unspecified atom stereocenters. The second-order valence-electron chi connectivity index (χ2n) is 6.06. The van der Waals surface area contributed by atoms with Gasteiger partial charge in [0.15, 0.2) is 11.6 Å². The van der Waals surface area contributed by atoms with Crippen LogP contribution in [0.1, 0.15) is 0 Å². The second-order valence-corrected chi connectivity index (χ2v) is 6.06. The number of aromatic nitrogens is 2. The summed E-state index contributed by atoms with van der Waals surface area (Å²) >= 11 is 0. The SMILES string of the molecule is CN(C)c1ccc(N2CCN(C(=O)Nc3ccc(F)cc3)CC2)nn1. The number of anilines is 3. The maximum absolute atomic E-state index is 12.9. The number of hydrogen-bond acceptors (Lipinski definition) is 5. The molecular formula is C17H21FN6O. The standard InChI is InChI=1S/C17H21FN6O/c1-22(2)15-7-8-16(21-20-15)23-9-11-24(12-10-23)17(25)19-14-5-3-13(18)4-6-14/h3-8H,9-12H2,1-2H3,(H,19,25). The third-order valence-corrected chi connectivity index (χ3v) is 4.08. The van der Waals surface area contributed by atoms with E-state index in [1.807, 2.05) is 31.1 Å². The monoisotopic (exact) mass is 344 g/mol. The summed E-state index contributed by atoms with van der Waals surface area (Å²) in [6.45, 7) is 2.55. The highest BCUT2D eigenvalue weighted by molar-refractivity contribution is 5.89. The number of piperazine rings is 1. The lowest BCUT2D eigenvalue weighted by molar-refractivity contribution is 0.208. The smallest absolute Gasteiger partial charge is 0.321 e. The maximum Gasteiger partial charge on any atom is 0.321 e. The molecule has 0 radical (unpaired) electrons. The van der Waals surface area contributed by atoms with E-state index in [0.29, 0.717) is 31.9 Å². The Morgan fingerprint density at radius 3 is 2.28 bits per heavy atom. The van der Waals surface area contributed by atoms with Gasteiger partial charge in [-0.1, -0.05) is 0 Å². The molecule has 0 saturated carbocycles. The Hall–Kier alpha value is -2.90. The highest BCUT2D eigenvalue weighted by Gasteiger charge is 2.22. The van der Waals surface area contributed by atoms with Crippen LogP contribution in [0.15, 0.2) is 36.4 Å². The lowest BCUT2D eigenvalue weighted by atomic mass is 10.3. The third-order valence-electron chi connectivity index (χ3n) is 4.08. The van der Waals surface area contributed by atoms with E-state index in [0.717, 1.165) is 11.6 Å². The van der Waals surface area contributed by atoms with Gasteiger partial charge in [0.1, 0.15) is 5.82 Å². The van der Waals surface area contributed by atoms with Gasteiger partial charge in [0, 0.05) is 46.0 Å². The van der Waals surface area contributed by atoms with Crippen LogP contribution in [-0.4, -0.2) is 61.4 Å². The lowest BCUT2D eigenvalue weighted by Crippen LogP contribution is -2.50. The fourth-order valence-corrected chi connectivity index (χ4v) is 2.60. The molecule has 132 valence electrons. The topological polar surface area (TPSA) is 64.6 Å². The largest absolute Gasteiger partial charge is 0.361 e. The molecule has 0 spiro atoms. The Morgan fingerprint density at radius 2 is 1.72 bits per heavy atom. The first-order valence-corrected chi connectivity index (χ1v) is 8.10. The first-order valence-electron chi connectivity index (χ1n) is 8.10. The summed E-state index contributed by atoms with van der Waals surface area (Å²) in [5.41, 5.74) is 0.582. The van der Waals surface area contributed by atoms with E-state index in [-0.39, 0.29) is 11.8 Å². The minimum atomic E-state index is -0.326. The number of halogens is 1. The van der Waals surface area contributed by atoms with E-state index in [9.17, 15) is 9.18 Å². The summed E-state index contributed by atoms with van der Waals surface area (Å²) < 4.78 is 12.9. The lowest BCUT2D eigenvalue weighted by Gasteiger charge is -2.35. The molecule has 1 saturated heterocycles. The van der Waals surface area contributed by atoms with Gasteiger partial charge in [-0.3, -0.25) is 0 Å². The molecular weight excluding hydrogens is 323 g/mol. The second kappa shape index (κ2) is 7.33. The van der Waals surface area contributed by atoms with Crippen molar-refractivity contribution in [3.05, 3.63) is 42.2 Å². The van der Waals surface area contributed by atoms with E-state index >= 15 is 0 Å². The number of carbonyl (C=O) groups excluding carboxylic acids is 1. The average molecular weight is 344 g/mol. The van der Waals surface area contributed by atoms with Crippen LogP contribution in [-0.2, 0) is 0 Å². The van der Waals surface area contributed by atoms with E-state index < -0.39 is 0 Å². The summed E-state index contributed by atoms with van der Waals surface area (Å²) in [5, 5.41) is 11.2. The van der Waals surface area contributed by atoms with Gasteiger partial charge in [-0.25, -0.2) is 9.18 Å². The first-order chi connectivity index (χ1) is 12.0. The number of amides is 2. The van der Waals surface area contributed by atoms with Crippen molar-refractivity contribution in [3.8, 4) is 0 Å². The molecule has 1 aromatic carbocycles. The highest BCUT2D eigenvalue weighted by Crippen LogP contribution is 2.16. The number of hydrogen-bond donors (Lipinski definition) is 1. The average Bonchev–Trinajstić information content (AvgIpc) is 2.64. The summed E-state index contributed by atoms with van der Waals surface area (Å²) in [5.74, 6) is 1.29. The molecule has 7 nitrogen and oxygen atoms in total. The van der Waals surface area contributed by atoms with Crippen LogP contribution in [0.3, 0.4) is 0 Å². The van der Waals surface area contributed by atoms with Crippen molar-refractivity contribution in [2.75, 3.05) is 55.4 Å². The Bertz CT molecular complexity index is 711. The zero-order chi connectivity index (χ0) is 17.8. The van der Waals surface area contributed by atoms with E-state index in [1.165, 1.54) is 12.1 Å². The first kappa shape index (κ1) is 16.9. The van der Waals surface area contributed by atoms with Crippen LogP contribution in [0.5, 0.6) is 0 Å². The third kappa shape index (κ3) is 4.14. The van der Waals surface area contributed by atoms with Crippen molar-refractivity contribution < 1.29 is 9.18 Å². The minimum absolute atomic E-state index is 0.180. The fraction of sp³-hybridized carbons (Fsp3) is 0.353. The molecule has 2 aromatic rings. The van der Waals surface area contributed by atoms with Gasteiger partial charge in [-0.15, -0.1) is 10.2 Å². The molecule has 2 amide bonds. The Balaban J connectivity index is 1.54. The van der Waals surface area contributed by atoms with Gasteiger partial charge in [0.25, 0.3) is 0 Å². The Labute approximate surface area is 146 Å². The highest BCUT2D eigenvalue weighted by atomic mass is 19.1. The summed E-state index contributed by atoms with van der Waals surface area (Å²) in [6.07, 6.45) is 0. The number of nitrogens with zero attached hydrogens (tertiary/aromatic N) is 5. The van der Waals surface area contributed by atoms with Gasteiger partial charge in [0.2, 0.25) is 0 Å². The minimum Gasteiger partial charge on any atom is -0.361 e. The quantitative estimate of drug-likeness (QED) is 0.923. The van der Waals surface area contributed by atoms with Crippen molar-refractivity contribution in [1.82, 2.24) is 15.1 Å². The molecule has 1 fully saturated rings. The van der Waals surface area contributed by atoms with Crippen molar-refractivity contribution in [3.63, 3.8) is 0 Å². The van der Waals surface area contributed by atoms with Gasteiger partial charge in [-0.2, -0.15) is 0 Å². The predicted octanol–water partition coefficient (Wildman–Crippen LogP) is 2.04. The number of carbonyl (C=O) groups is 1. The maximum atomic E-state index is 12.9. The van der Waals surface area contributed by atoms with Crippen LogP contribution in [0.2, 0.25) is 0 Å². The van der Waals surface area contributed by atoms with E-state index in [4.69, 9.17) is 0 Å². The molecule has 1 aromatic heterocycles. The van der Waals surface area contributed by atoms with Crippen LogP contribution < -0.4 is 15.1 Å². The van der Waals surface area contributed by atoms with Crippen molar-refractivity contribution in [2.45, 2.75) is 0 Å². The molecule has 8 heteroatoms. The molecule has 3 rings (SSSR count). The van der Waals surface area contributed by atoms with Crippen LogP contribution >= 0.6 is 0 Å². The number of nitrogens with one attached hydrogen (secondary N) is 1.